The van der Waals surface area contributed by atoms with Gasteiger partial charge >= 0.3 is 12.4 Å². The second-order valence-electron chi connectivity index (χ2n) is 5.33. The molecule has 1 atom stereocenters. The molecule has 0 aliphatic heterocycles. The van der Waals surface area contributed by atoms with Crippen molar-refractivity contribution in [3.63, 3.8) is 0 Å². The molecule has 0 unspecified atom stereocenters. The molecule has 1 amide bonds. The number of carbonyl (C=O) groups is 1. The van der Waals surface area contributed by atoms with E-state index in [1.807, 2.05) is 0 Å². The largest absolute Gasteiger partial charge is 0.417 e. The zero-order valence-corrected chi connectivity index (χ0v) is 12.7. The quantitative estimate of drug-likeness (QED) is 0.653. The summed E-state index contributed by atoms with van der Waals surface area (Å²) in [5, 5.41) is 2.21. The van der Waals surface area contributed by atoms with Crippen molar-refractivity contribution in [1.82, 2.24) is 5.32 Å². The van der Waals surface area contributed by atoms with E-state index < -0.39 is 35.0 Å². The Kier molecular flexibility index (Phi) is 6.61. The van der Waals surface area contributed by atoms with Gasteiger partial charge < -0.3 is 16.8 Å². The van der Waals surface area contributed by atoms with Crippen molar-refractivity contribution in [2.75, 3.05) is 13.1 Å². The van der Waals surface area contributed by atoms with Crippen LogP contribution in [0.5, 0.6) is 0 Å². The van der Waals surface area contributed by atoms with E-state index in [1.165, 1.54) is 0 Å². The summed E-state index contributed by atoms with van der Waals surface area (Å²) in [6, 6.07) is 0.516. The lowest BCUT2D eigenvalue weighted by atomic mass is 10.0. The van der Waals surface area contributed by atoms with Gasteiger partial charge in [-0.25, -0.2) is 0 Å². The van der Waals surface area contributed by atoms with Crippen molar-refractivity contribution in [3.8, 4) is 0 Å². The number of rotatable bonds is 6. The first kappa shape index (κ1) is 20.2. The fourth-order valence-corrected chi connectivity index (χ4v) is 2.02. The van der Waals surface area contributed by atoms with Crippen molar-refractivity contribution in [3.05, 3.63) is 34.9 Å². The lowest BCUT2D eigenvalue weighted by Gasteiger charge is -2.16. The molecular formula is C14H19F6N3O+2. The van der Waals surface area contributed by atoms with E-state index in [0.29, 0.717) is 19.0 Å². The molecule has 1 aromatic rings. The summed E-state index contributed by atoms with van der Waals surface area (Å²) < 4.78 is 76.8. The molecule has 10 heteroatoms. The van der Waals surface area contributed by atoms with Crippen molar-refractivity contribution in [1.29, 1.82) is 0 Å². The minimum absolute atomic E-state index is 0.0353. The number of nitrogens with one attached hydrogen (secondary N) is 1. The van der Waals surface area contributed by atoms with E-state index >= 15 is 0 Å². The van der Waals surface area contributed by atoms with Gasteiger partial charge in [0.1, 0.15) is 6.04 Å². The van der Waals surface area contributed by atoms with Gasteiger partial charge in [0.2, 0.25) is 0 Å². The number of alkyl halides is 6. The van der Waals surface area contributed by atoms with Crippen LogP contribution in [0.15, 0.2) is 18.2 Å². The van der Waals surface area contributed by atoms with Crippen molar-refractivity contribution >= 4 is 5.91 Å². The Labute approximate surface area is 134 Å². The van der Waals surface area contributed by atoms with Crippen LogP contribution in [-0.2, 0) is 12.4 Å². The van der Waals surface area contributed by atoms with Crippen LogP contribution in [0.25, 0.3) is 0 Å². The zero-order valence-electron chi connectivity index (χ0n) is 12.7. The molecule has 0 aliphatic carbocycles. The molecule has 0 saturated heterocycles. The summed E-state index contributed by atoms with van der Waals surface area (Å²) in [7, 11) is 0. The number of quaternary nitrogens is 2. The highest BCUT2D eigenvalue weighted by atomic mass is 19.4. The minimum Gasteiger partial charge on any atom is -0.358 e. The Balaban J connectivity index is 3.03. The van der Waals surface area contributed by atoms with Crippen LogP contribution in [0.1, 0.15) is 34.3 Å². The van der Waals surface area contributed by atoms with Gasteiger partial charge in [0.05, 0.1) is 29.8 Å². The summed E-state index contributed by atoms with van der Waals surface area (Å²) in [4.78, 5) is 12.0. The summed E-state index contributed by atoms with van der Waals surface area (Å²) >= 11 is 0. The fourth-order valence-electron chi connectivity index (χ4n) is 2.02. The maximum absolute atomic E-state index is 12.9. The molecule has 1 rings (SSSR count). The smallest absolute Gasteiger partial charge is 0.358 e. The maximum atomic E-state index is 12.9. The van der Waals surface area contributed by atoms with Crippen LogP contribution in [0.3, 0.4) is 0 Å². The van der Waals surface area contributed by atoms with Gasteiger partial charge in [-0.2, -0.15) is 26.3 Å². The second-order valence-corrected chi connectivity index (χ2v) is 5.33. The normalized spacial score (nSPS) is 13.7. The van der Waals surface area contributed by atoms with Crippen LogP contribution < -0.4 is 16.8 Å². The van der Waals surface area contributed by atoms with Gasteiger partial charge in [-0.3, -0.25) is 4.79 Å². The predicted octanol–water partition coefficient (Wildman–Crippen LogP) is 1.09. The average molecular weight is 359 g/mol. The summed E-state index contributed by atoms with van der Waals surface area (Å²) in [5.41, 5.74) is 3.57. The number of halogens is 6. The number of benzene rings is 1. The Bertz CT molecular complexity index is 571. The van der Waals surface area contributed by atoms with Crippen LogP contribution in [0, 0.1) is 0 Å². The number of hydrogen-bond acceptors (Lipinski definition) is 1. The molecule has 0 spiro atoms. The van der Waals surface area contributed by atoms with E-state index in [4.69, 9.17) is 0 Å². The second kappa shape index (κ2) is 7.84. The fraction of sp³-hybridized carbons (Fsp3) is 0.500. The third kappa shape index (κ3) is 5.68. The Morgan fingerprint density at radius 3 is 2.25 bits per heavy atom. The van der Waals surface area contributed by atoms with Crippen molar-refractivity contribution in [2.45, 2.75) is 31.2 Å². The Hall–Kier alpha value is -1.81. The molecule has 0 heterocycles. The van der Waals surface area contributed by atoms with Crippen LogP contribution >= 0.6 is 0 Å². The minimum atomic E-state index is -4.94. The Morgan fingerprint density at radius 1 is 1.12 bits per heavy atom. The van der Waals surface area contributed by atoms with Gasteiger partial charge in [-0.05, 0) is 18.2 Å². The maximum Gasteiger partial charge on any atom is 0.417 e. The standard InChI is InChI=1S/C14H17F6N3O/c15-13(16,17)8-3-4-11(14(18,19)20)10(6-8)12(24)23-7-9(22)2-1-5-21/h3-4,6,9H,1-2,5,7,21-22H2,(H,23,24)/p+2/t9-/m0/s1. The third-order valence-corrected chi connectivity index (χ3v) is 3.31. The summed E-state index contributed by atoms with van der Waals surface area (Å²) in [6.45, 7) is 0.609. The van der Waals surface area contributed by atoms with Crippen LogP contribution in [-0.4, -0.2) is 25.0 Å². The first-order chi connectivity index (χ1) is 11.0. The number of carbonyl (C=O) groups excluding carboxylic acids is 1. The highest BCUT2D eigenvalue weighted by Gasteiger charge is 2.38. The van der Waals surface area contributed by atoms with Gasteiger partial charge in [-0.15, -0.1) is 0 Å². The predicted molar refractivity (Wildman–Crippen MR) is 72.4 cm³/mol. The molecule has 1 aromatic carbocycles. The molecule has 0 aromatic heterocycles. The average Bonchev–Trinajstić information content (AvgIpc) is 2.48. The summed E-state index contributed by atoms with van der Waals surface area (Å²) in [6.07, 6.45) is -8.46. The van der Waals surface area contributed by atoms with Crippen molar-refractivity contribution < 1.29 is 42.6 Å². The molecular weight excluding hydrogens is 340 g/mol. The lowest BCUT2D eigenvalue weighted by molar-refractivity contribution is -0.423. The van der Waals surface area contributed by atoms with E-state index in [-0.39, 0.29) is 24.7 Å². The van der Waals surface area contributed by atoms with Crippen molar-refractivity contribution in [2.24, 2.45) is 0 Å². The zero-order chi connectivity index (χ0) is 18.5. The molecule has 4 nitrogen and oxygen atoms in total. The van der Waals surface area contributed by atoms with Crippen LogP contribution in [0.2, 0.25) is 0 Å². The Morgan fingerprint density at radius 2 is 1.75 bits per heavy atom. The topological polar surface area (TPSA) is 84.4 Å². The molecule has 0 aliphatic rings. The van der Waals surface area contributed by atoms with E-state index in [0.717, 1.165) is 6.42 Å². The molecule has 0 saturated carbocycles. The molecule has 0 radical (unpaired) electrons. The van der Waals surface area contributed by atoms with E-state index in [9.17, 15) is 31.1 Å². The van der Waals surface area contributed by atoms with Crippen LogP contribution in [0.4, 0.5) is 26.3 Å². The lowest BCUT2D eigenvalue weighted by Crippen LogP contribution is -2.65. The number of amides is 1. The molecule has 24 heavy (non-hydrogen) atoms. The molecule has 7 N–H and O–H groups in total. The van der Waals surface area contributed by atoms with Gasteiger partial charge in [0.15, 0.2) is 0 Å². The van der Waals surface area contributed by atoms with Gasteiger partial charge in [0.25, 0.3) is 5.91 Å². The monoisotopic (exact) mass is 359 g/mol. The third-order valence-electron chi connectivity index (χ3n) is 3.31. The van der Waals surface area contributed by atoms with Gasteiger partial charge in [0, 0.05) is 12.8 Å². The first-order valence-electron chi connectivity index (χ1n) is 7.15. The molecule has 136 valence electrons. The molecule has 0 fully saturated rings. The first-order valence-corrected chi connectivity index (χ1v) is 7.15. The highest BCUT2D eigenvalue weighted by Crippen LogP contribution is 2.36. The summed E-state index contributed by atoms with van der Waals surface area (Å²) in [5.74, 6) is -1.21. The highest BCUT2D eigenvalue weighted by molar-refractivity contribution is 5.96. The number of hydrogen-bond donors (Lipinski definition) is 3. The molecule has 0 bridgehead atoms. The van der Waals surface area contributed by atoms with Gasteiger partial charge in [-0.1, -0.05) is 0 Å². The van der Waals surface area contributed by atoms with E-state index in [2.05, 4.69) is 16.8 Å². The van der Waals surface area contributed by atoms with E-state index in [1.54, 1.807) is 0 Å². The SMILES string of the molecule is [NH3+]CCC[C@H]([NH3+])CNC(=O)c1cc(C(F)(F)F)ccc1C(F)(F)F.